The molecule has 0 atom stereocenters. The number of nitrogens with zero attached hydrogens (tertiary/aromatic N) is 5. The number of allylic oxidation sites excluding steroid dienone is 2. The van der Waals surface area contributed by atoms with Gasteiger partial charge in [0, 0.05) is 54.7 Å². The van der Waals surface area contributed by atoms with Gasteiger partial charge >= 0.3 is 0 Å². The molecule has 1 saturated heterocycles. The number of hydrogen-bond donors (Lipinski definition) is 1. The molecular formula is C21H25N5OS. The van der Waals surface area contributed by atoms with Gasteiger partial charge in [-0.25, -0.2) is 4.98 Å². The molecule has 0 N–H and O–H groups in total. The molecule has 1 aliphatic heterocycles. The molecule has 1 aliphatic carbocycles. The van der Waals surface area contributed by atoms with Crippen LogP contribution in [-0.2, 0) is 11.3 Å². The lowest BCUT2D eigenvalue weighted by Gasteiger charge is -2.26. The molecule has 0 unspecified atom stereocenters. The normalized spacial score (nSPS) is 18.1. The first-order valence-electron chi connectivity index (χ1n) is 10.0. The van der Waals surface area contributed by atoms with E-state index in [1.807, 2.05) is 27.2 Å². The molecule has 1 fully saturated rings. The van der Waals surface area contributed by atoms with Crippen LogP contribution in [0.1, 0.15) is 24.8 Å². The van der Waals surface area contributed by atoms with Gasteiger partial charge in [-0.15, -0.1) is 0 Å². The predicted molar refractivity (Wildman–Crippen MR) is 114 cm³/mol. The van der Waals surface area contributed by atoms with Crippen LogP contribution in [0.4, 0.5) is 0 Å². The van der Waals surface area contributed by atoms with Gasteiger partial charge in [-0.3, -0.25) is 13.6 Å². The number of pyridine rings is 1. The zero-order valence-electron chi connectivity index (χ0n) is 15.9. The minimum atomic E-state index is 0.831. The van der Waals surface area contributed by atoms with Crippen LogP contribution in [0.25, 0.3) is 27.7 Å². The Bertz CT molecular complexity index is 1020. The minimum absolute atomic E-state index is 0.831. The average molecular weight is 396 g/mol. The van der Waals surface area contributed by atoms with Crippen LogP contribution in [0.5, 0.6) is 0 Å². The highest BCUT2D eigenvalue weighted by Gasteiger charge is 2.16. The topological polar surface area (TPSA) is 48.1 Å². The molecule has 0 bridgehead atoms. The molecule has 28 heavy (non-hydrogen) atoms. The highest BCUT2D eigenvalue weighted by molar-refractivity contribution is 7.78. The van der Waals surface area contributed by atoms with Gasteiger partial charge < -0.3 is 4.74 Å². The SMILES string of the molecule is Sn1cc(-c2cnn(CCN3CCOCC3)c2)c2cc(C3=CCCC3)cnc21. The standard InChI is InChI=1S/C21H25N5OS/c28-26-15-20(19-11-17(12-22-21(19)26)16-3-1-2-4-16)18-13-23-25(14-18)6-5-24-7-9-27-10-8-24/h3,11-15,28H,1-2,4-10H2. The second kappa shape index (κ2) is 7.73. The zero-order chi connectivity index (χ0) is 18.9. The fourth-order valence-corrected chi connectivity index (χ4v) is 4.40. The summed E-state index contributed by atoms with van der Waals surface area (Å²) in [6.07, 6.45) is 14.0. The van der Waals surface area contributed by atoms with E-state index in [2.05, 4.69) is 46.1 Å². The van der Waals surface area contributed by atoms with Gasteiger partial charge in [-0.2, -0.15) is 5.10 Å². The molecule has 146 valence electrons. The number of rotatable bonds is 5. The van der Waals surface area contributed by atoms with E-state index in [4.69, 9.17) is 4.74 Å². The Labute approximate surface area is 170 Å². The number of ether oxygens (including phenoxy) is 1. The fraction of sp³-hybridized carbons (Fsp3) is 0.429. The first-order chi connectivity index (χ1) is 13.8. The Balaban J connectivity index is 1.41. The van der Waals surface area contributed by atoms with Crippen LogP contribution in [0.3, 0.4) is 0 Å². The van der Waals surface area contributed by atoms with Crippen molar-refractivity contribution in [1.82, 2.24) is 23.6 Å². The Morgan fingerprint density at radius 3 is 2.79 bits per heavy atom. The molecule has 2 aliphatic rings. The smallest absolute Gasteiger partial charge is 0.150 e. The second-order valence-electron chi connectivity index (χ2n) is 7.55. The molecule has 7 heteroatoms. The summed E-state index contributed by atoms with van der Waals surface area (Å²) in [5.74, 6) is 0. The molecule has 6 nitrogen and oxygen atoms in total. The van der Waals surface area contributed by atoms with Crippen LogP contribution >= 0.6 is 12.8 Å². The van der Waals surface area contributed by atoms with Crippen molar-refractivity contribution in [3.63, 3.8) is 0 Å². The van der Waals surface area contributed by atoms with Crippen molar-refractivity contribution in [1.29, 1.82) is 0 Å². The van der Waals surface area contributed by atoms with Gasteiger partial charge in [-0.1, -0.05) is 18.9 Å². The molecule has 3 aromatic rings. The minimum Gasteiger partial charge on any atom is -0.379 e. The van der Waals surface area contributed by atoms with Gasteiger partial charge in [-0.05, 0) is 36.5 Å². The summed E-state index contributed by atoms with van der Waals surface area (Å²) in [4.78, 5) is 7.10. The van der Waals surface area contributed by atoms with Gasteiger partial charge in [0.05, 0.1) is 26.0 Å². The number of morpholine rings is 1. The van der Waals surface area contributed by atoms with Gasteiger partial charge in [0.25, 0.3) is 0 Å². The first-order valence-corrected chi connectivity index (χ1v) is 10.4. The maximum absolute atomic E-state index is 5.42. The van der Waals surface area contributed by atoms with E-state index in [-0.39, 0.29) is 0 Å². The fourth-order valence-electron chi connectivity index (χ4n) is 4.12. The highest BCUT2D eigenvalue weighted by Crippen LogP contribution is 2.34. The van der Waals surface area contributed by atoms with E-state index in [9.17, 15) is 0 Å². The van der Waals surface area contributed by atoms with E-state index in [0.717, 1.165) is 68.0 Å². The van der Waals surface area contributed by atoms with Gasteiger partial charge in [0.15, 0.2) is 0 Å². The van der Waals surface area contributed by atoms with Crippen molar-refractivity contribution in [2.75, 3.05) is 32.8 Å². The molecule has 0 aromatic carbocycles. The molecule has 4 heterocycles. The quantitative estimate of drug-likeness (QED) is 0.672. The first kappa shape index (κ1) is 18.0. The molecule has 0 amide bonds. The van der Waals surface area contributed by atoms with Crippen LogP contribution in [0, 0.1) is 0 Å². The van der Waals surface area contributed by atoms with Gasteiger partial charge in [0.1, 0.15) is 5.65 Å². The maximum atomic E-state index is 5.42. The monoisotopic (exact) mass is 395 g/mol. The average Bonchev–Trinajstić information content (AvgIpc) is 3.48. The summed E-state index contributed by atoms with van der Waals surface area (Å²) in [5.41, 5.74) is 5.77. The van der Waals surface area contributed by atoms with Crippen LogP contribution in [0.2, 0.25) is 0 Å². The molecule has 0 radical (unpaired) electrons. The van der Waals surface area contributed by atoms with Crippen LogP contribution in [0.15, 0.2) is 36.9 Å². The second-order valence-corrected chi connectivity index (χ2v) is 7.98. The Morgan fingerprint density at radius 2 is 1.96 bits per heavy atom. The zero-order valence-corrected chi connectivity index (χ0v) is 16.8. The van der Waals surface area contributed by atoms with Gasteiger partial charge in [0.2, 0.25) is 0 Å². The van der Waals surface area contributed by atoms with Crippen molar-refractivity contribution in [2.45, 2.75) is 25.8 Å². The Hall–Kier alpha value is -2.09. The van der Waals surface area contributed by atoms with E-state index < -0.39 is 0 Å². The summed E-state index contributed by atoms with van der Waals surface area (Å²) in [7, 11) is 0. The third kappa shape index (κ3) is 3.50. The van der Waals surface area contributed by atoms with E-state index >= 15 is 0 Å². The summed E-state index contributed by atoms with van der Waals surface area (Å²) < 4.78 is 9.26. The molecule has 5 rings (SSSR count). The Kier molecular flexibility index (Phi) is 4.96. The van der Waals surface area contributed by atoms with Crippen LogP contribution < -0.4 is 0 Å². The largest absolute Gasteiger partial charge is 0.379 e. The van der Waals surface area contributed by atoms with Crippen molar-refractivity contribution in [3.05, 3.63) is 42.5 Å². The van der Waals surface area contributed by atoms with E-state index in [1.165, 1.54) is 24.0 Å². The summed E-state index contributed by atoms with van der Waals surface area (Å²) in [5, 5.41) is 5.72. The number of hydrogen-bond acceptors (Lipinski definition) is 5. The number of thiol groups is 1. The Morgan fingerprint density at radius 1 is 1.07 bits per heavy atom. The maximum Gasteiger partial charge on any atom is 0.150 e. The summed E-state index contributed by atoms with van der Waals surface area (Å²) in [6, 6.07) is 2.26. The van der Waals surface area contributed by atoms with Crippen molar-refractivity contribution in [3.8, 4) is 11.1 Å². The third-order valence-corrected chi connectivity index (χ3v) is 6.04. The van der Waals surface area contributed by atoms with Crippen molar-refractivity contribution in [2.24, 2.45) is 0 Å². The molecule has 0 spiro atoms. The lowest BCUT2D eigenvalue weighted by Crippen LogP contribution is -2.38. The van der Waals surface area contributed by atoms with Crippen LogP contribution in [-0.4, -0.2) is 56.5 Å². The number of aromatic nitrogens is 4. The predicted octanol–water partition coefficient (Wildman–Crippen LogP) is 3.49. The molecule has 0 saturated carbocycles. The summed E-state index contributed by atoms with van der Waals surface area (Å²) in [6.45, 7) is 5.56. The molecular weight excluding hydrogens is 370 g/mol. The van der Waals surface area contributed by atoms with Crippen molar-refractivity contribution >= 4 is 29.4 Å². The highest BCUT2D eigenvalue weighted by atomic mass is 32.1. The van der Waals surface area contributed by atoms with Crippen molar-refractivity contribution < 1.29 is 4.74 Å². The third-order valence-electron chi connectivity index (χ3n) is 5.73. The molecule has 3 aromatic heterocycles. The lowest BCUT2D eigenvalue weighted by atomic mass is 10.0. The summed E-state index contributed by atoms with van der Waals surface area (Å²) >= 11 is 4.58. The number of fused-ring (bicyclic) bond motifs is 1. The lowest BCUT2D eigenvalue weighted by molar-refractivity contribution is 0.0360. The van der Waals surface area contributed by atoms with E-state index in [0.29, 0.717) is 0 Å². The van der Waals surface area contributed by atoms with E-state index in [1.54, 1.807) is 0 Å².